The second kappa shape index (κ2) is 5.45. The van der Waals surface area contributed by atoms with Crippen molar-refractivity contribution in [3.8, 4) is 5.75 Å². The summed E-state index contributed by atoms with van der Waals surface area (Å²) in [7, 11) is 1.64. The number of Topliss-reactive ketones (excluding diaryl/α,β-unsaturated/α-hetero) is 1. The summed E-state index contributed by atoms with van der Waals surface area (Å²) in [6, 6.07) is 7.73. The van der Waals surface area contributed by atoms with Crippen molar-refractivity contribution in [2.24, 2.45) is 0 Å². The molecule has 0 bridgehead atoms. The van der Waals surface area contributed by atoms with Crippen molar-refractivity contribution < 1.29 is 14.1 Å². The van der Waals surface area contributed by atoms with E-state index in [4.69, 9.17) is 9.26 Å². The number of benzene rings is 1. The Kier molecular flexibility index (Phi) is 3.50. The van der Waals surface area contributed by atoms with Gasteiger partial charge in [0, 0.05) is 18.4 Å². The molecule has 0 spiro atoms. The van der Waals surface area contributed by atoms with Gasteiger partial charge in [-0.3, -0.25) is 4.79 Å². The smallest absolute Gasteiger partial charge is 0.237 e. The van der Waals surface area contributed by atoms with Gasteiger partial charge in [-0.05, 0) is 18.9 Å². The molecule has 1 fully saturated rings. The number of rotatable bonds is 4. The second-order valence-corrected chi connectivity index (χ2v) is 4.95. The molecule has 2 aromatic rings. The molecule has 20 heavy (non-hydrogen) atoms. The molecule has 1 aromatic heterocycles. The molecule has 1 aliphatic carbocycles. The lowest BCUT2D eigenvalue weighted by Gasteiger charge is -2.05. The number of carbonyl (C=O) groups excluding carboxylic acids is 1. The van der Waals surface area contributed by atoms with E-state index in [0.29, 0.717) is 24.6 Å². The van der Waals surface area contributed by atoms with Crippen molar-refractivity contribution in [2.45, 2.75) is 31.6 Å². The van der Waals surface area contributed by atoms with Crippen LogP contribution >= 0.6 is 0 Å². The minimum atomic E-state index is -0.200. The zero-order valence-corrected chi connectivity index (χ0v) is 11.3. The highest BCUT2D eigenvalue weighted by Gasteiger charge is 2.30. The maximum absolute atomic E-state index is 11.7. The first kappa shape index (κ1) is 12.8. The first-order valence-electron chi connectivity index (χ1n) is 6.75. The maximum atomic E-state index is 11.7. The van der Waals surface area contributed by atoms with Gasteiger partial charge in [0.05, 0.1) is 13.0 Å². The number of ether oxygens (including phenoxy) is 1. The van der Waals surface area contributed by atoms with E-state index in [2.05, 4.69) is 10.1 Å². The fourth-order valence-electron chi connectivity index (χ4n) is 2.58. The molecule has 0 N–H and O–H groups in total. The molecular weight excluding hydrogens is 256 g/mol. The standard InChI is InChI=1S/C15H16N2O3/c1-19-13-8-3-2-5-10(13)9-14-16-15(20-17-14)11-6-4-7-12(11)18/h2-3,5,8,11H,4,6-7,9H2,1H3. The minimum absolute atomic E-state index is 0.200. The lowest BCUT2D eigenvalue weighted by molar-refractivity contribution is -0.119. The largest absolute Gasteiger partial charge is 0.496 e. The maximum Gasteiger partial charge on any atom is 0.237 e. The van der Waals surface area contributed by atoms with Gasteiger partial charge in [-0.2, -0.15) is 4.98 Å². The Bertz CT molecular complexity index is 621. The highest BCUT2D eigenvalue weighted by molar-refractivity contribution is 5.86. The molecule has 1 aliphatic rings. The van der Waals surface area contributed by atoms with Crippen LogP contribution in [0.2, 0.25) is 0 Å². The summed E-state index contributed by atoms with van der Waals surface area (Å²) in [5.74, 6) is 1.85. The van der Waals surface area contributed by atoms with E-state index >= 15 is 0 Å². The zero-order chi connectivity index (χ0) is 13.9. The van der Waals surface area contributed by atoms with Gasteiger partial charge in [0.1, 0.15) is 11.5 Å². The van der Waals surface area contributed by atoms with E-state index in [9.17, 15) is 4.79 Å². The van der Waals surface area contributed by atoms with Gasteiger partial charge >= 0.3 is 0 Å². The van der Waals surface area contributed by atoms with E-state index in [0.717, 1.165) is 24.2 Å². The van der Waals surface area contributed by atoms with Crippen LogP contribution < -0.4 is 4.74 Å². The summed E-state index contributed by atoms with van der Waals surface area (Å²) < 4.78 is 10.5. The fourth-order valence-corrected chi connectivity index (χ4v) is 2.58. The van der Waals surface area contributed by atoms with E-state index in [1.807, 2.05) is 24.3 Å². The van der Waals surface area contributed by atoms with Crippen molar-refractivity contribution in [1.29, 1.82) is 0 Å². The van der Waals surface area contributed by atoms with Crippen molar-refractivity contribution in [2.75, 3.05) is 7.11 Å². The topological polar surface area (TPSA) is 65.2 Å². The predicted molar refractivity (Wildman–Crippen MR) is 71.7 cm³/mol. The molecular formula is C15H16N2O3. The van der Waals surface area contributed by atoms with Gasteiger partial charge in [-0.1, -0.05) is 23.4 Å². The van der Waals surface area contributed by atoms with Crippen LogP contribution in [0.1, 0.15) is 42.5 Å². The molecule has 0 saturated heterocycles. The van der Waals surface area contributed by atoms with Crippen LogP contribution in [0, 0.1) is 0 Å². The number of hydrogen-bond donors (Lipinski definition) is 0. The number of para-hydroxylation sites is 1. The lowest BCUT2D eigenvalue weighted by Crippen LogP contribution is -2.04. The summed E-state index contributed by atoms with van der Waals surface area (Å²) in [6.07, 6.45) is 2.88. The number of ketones is 1. The molecule has 3 rings (SSSR count). The number of methoxy groups -OCH3 is 1. The summed E-state index contributed by atoms with van der Waals surface area (Å²) >= 11 is 0. The molecule has 1 saturated carbocycles. The normalized spacial score (nSPS) is 18.4. The van der Waals surface area contributed by atoms with Crippen molar-refractivity contribution in [3.05, 3.63) is 41.5 Å². The molecule has 5 nitrogen and oxygen atoms in total. The van der Waals surface area contributed by atoms with Crippen molar-refractivity contribution in [1.82, 2.24) is 10.1 Å². The summed E-state index contributed by atoms with van der Waals surface area (Å²) in [5.41, 5.74) is 1.00. The Hall–Kier alpha value is -2.17. The second-order valence-electron chi connectivity index (χ2n) is 4.95. The Morgan fingerprint density at radius 2 is 2.25 bits per heavy atom. The van der Waals surface area contributed by atoms with Crippen molar-refractivity contribution >= 4 is 5.78 Å². The summed E-state index contributed by atoms with van der Waals surface area (Å²) in [5, 5.41) is 3.97. The summed E-state index contributed by atoms with van der Waals surface area (Å²) in [4.78, 5) is 16.1. The number of nitrogens with zero attached hydrogens (tertiary/aromatic N) is 2. The Morgan fingerprint density at radius 3 is 3.00 bits per heavy atom. The molecule has 5 heteroatoms. The Morgan fingerprint density at radius 1 is 1.40 bits per heavy atom. The van der Waals surface area contributed by atoms with E-state index in [-0.39, 0.29) is 11.7 Å². The number of carbonyl (C=O) groups is 1. The average Bonchev–Trinajstić information content (AvgIpc) is 3.08. The number of aromatic nitrogens is 2. The summed E-state index contributed by atoms with van der Waals surface area (Å²) in [6.45, 7) is 0. The molecule has 0 radical (unpaired) electrons. The highest BCUT2D eigenvalue weighted by Crippen LogP contribution is 2.30. The monoisotopic (exact) mass is 272 g/mol. The number of hydrogen-bond acceptors (Lipinski definition) is 5. The Labute approximate surface area is 116 Å². The van der Waals surface area contributed by atoms with E-state index < -0.39 is 0 Å². The lowest BCUT2D eigenvalue weighted by atomic mass is 10.1. The van der Waals surface area contributed by atoms with Crippen LogP contribution in [0.5, 0.6) is 5.75 Å². The van der Waals surface area contributed by atoms with Gasteiger partial charge in [0.25, 0.3) is 0 Å². The van der Waals surface area contributed by atoms with Crippen LogP contribution in [-0.2, 0) is 11.2 Å². The molecule has 1 heterocycles. The third kappa shape index (κ3) is 2.43. The van der Waals surface area contributed by atoms with Crippen LogP contribution in [0.3, 0.4) is 0 Å². The first-order valence-corrected chi connectivity index (χ1v) is 6.75. The third-order valence-electron chi connectivity index (χ3n) is 3.63. The molecule has 1 aromatic carbocycles. The van der Waals surface area contributed by atoms with Gasteiger partial charge in [-0.15, -0.1) is 0 Å². The Balaban J connectivity index is 1.79. The fraction of sp³-hybridized carbons (Fsp3) is 0.400. The molecule has 0 amide bonds. The van der Waals surface area contributed by atoms with Crippen LogP contribution in [-0.4, -0.2) is 23.0 Å². The SMILES string of the molecule is COc1ccccc1Cc1noc(C2CCCC2=O)n1. The van der Waals surface area contributed by atoms with Gasteiger partial charge < -0.3 is 9.26 Å². The molecule has 1 unspecified atom stereocenters. The van der Waals surface area contributed by atoms with Crippen LogP contribution in [0.25, 0.3) is 0 Å². The highest BCUT2D eigenvalue weighted by atomic mass is 16.5. The third-order valence-corrected chi connectivity index (χ3v) is 3.63. The van der Waals surface area contributed by atoms with Crippen molar-refractivity contribution in [3.63, 3.8) is 0 Å². The quantitative estimate of drug-likeness (QED) is 0.855. The van der Waals surface area contributed by atoms with Gasteiger partial charge in [0.15, 0.2) is 5.82 Å². The van der Waals surface area contributed by atoms with Crippen LogP contribution in [0.15, 0.2) is 28.8 Å². The van der Waals surface area contributed by atoms with Gasteiger partial charge in [0.2, 0.25) is 5.89 Å². The average molecular weight is 272 g/mol. The minimum Gasteiger partial charge on any atom is -0.496 e. The van der Waals surface area contributed by atoms with Crippen LogP contribution in [0.4, 0.5) is 0 Å². The van der Waals surface area contributed by atoms with Gasteiger partial charge in [-0.25, -0.2) is 0 Å². The molecule has 1 atom stereocenters. The zero-order valence-electron chi connectivity index (χ0n) is 11.3. The molecule has 0 aliphatic heterocycles. The predicted octanol–water partition coefficient (Wildman–Crippen LogP) is 2.51. The van der Waals surface area contributed by atoms with E-state index in [1.165, 1.54) is 0 Å². The first-order chi connectivity index (χ1) is 9.78. The molecule has 104 valence electrons. The van der Waals surface area contributed by atoms with E-state index in [1.54, 1.807) is 7.11 Å².